The van der Waals surface area contributed by atoms with Crippen molar-refractivity contribution in [1.29, 1.82) is 0 Å². The molecule has 3 unspecified atom stereocenters. The van der Waals surface area contributed by atoms with Gasteiger partial charge in [-0.3, -0.25) is 0 Å². The van der Waals surface area contributed by atoms with Gasteiger partial charge in [-0.25, -0.2) is 4.79 Å². The second-order valence-corrected chi connectivity index (χ2v) is 5.31. The Labute approximate surface area is 113 Å². The summed E-state index contributed by atoms with van der Waals surface area (Å²) in [6.45, 7) is 0. The quantitative estimate of drug-likeness (QED) is 0.847. The predicted octanol–water partition coefficient (Wildman–Crippen LogP) is 2.13. The summed E-state index contributed by atoms with van der Waals surface area (Å²) in [7, 11) is 1.61. The normalized spacial score (nSPS) is 29.0. The Balaban J connectivity index is 1.64. The Morgan fingerprint density at radius 3 is 2.74 bits per heavy atom. The number of esters is 1. The van der Waals surface area contributed by atoms with Crippen LogP contribution in [0.4, 0.5) is 0 Å². The maximum atomic E-state index is 12.1. The number of carbonyl (C=O) groups is 1. The first-order valence-electron chi connectivity index (χ1n) is 6.87. The van der Waals surface area contributed by atoms with E-state index in [2.05, 4.69) is 5.32 Å². The second kappa shape index (κ2) is 5.21. The van der Waals surface area contributed by atoms with E-state index in [1.807, 2.05) is 0 Å². The maximum Gasteiger partial charge on any atom is 0.338 e. The molecule has 1 N–H and O–H groups in total. The molecule has 4 nitrogen and oxygen atoms in total. The molecule has 0 amide bonds. The molecule has 102 valence electrons. The number of benzene rings is 1. The lowest BCUT2D eigenvalue weighted by Gasteiger charge is -2.22. The third-order valence-electron chi connectivity index (χ3n) is 4.07. The van der Waals surface area contributed by atoms with Gasteiger partial charge >= 0.3 is 5.97 Å². The smallest absolute Gasteiger partial charge is 0.338 e. The van der Waals surface area contributed by atoms with Crippen molar-refractivity contribution in [1.82, 2.24) is 5.32 Å². The highest BCUT2D eigenvalue weighted by molar-refractivity contribution is 5.89. The summed E-state index contributed by atoms with van der Waals surface area (Å²) in [6.07, 6.45) is 4.53. The number of fused-ring (bicyclic) bond motifs is 2. The molecule has 0 saturated carbocycles. The molecule has 3 rings (SSSR count). The van der Waals surface area contributed by atoms with E-state index < -0.39 is 0 Å². The van der Waals surface area contributed by atoms with Crippen molar-refractivity contribution in [3.05, 3.63) is 29.8 Å². The second-order valence-electron chi connectivity index (χ2n) is 5.31. The average molecular weight is 261 g/mol. The van der Waals surface area contributed by atoms with Crippen LogP contribution < -0.4 is 10.1 Å². The number of carbonyl (C=O) groups excluding carboxylic acids is 1. The van der Waals surface area contributed by atoms with Gasteiger partial charge < -0.3 is 14.8 Å². The maximum absolute atomic E-state index is 12.1. The molecule has 1 aromatic rings. The van der Waals surface area contributed by atoms with Gasteiger partial charge in [0.25, 0.3) is 0 Å². The van der Waals surface area contributed by atoms with Crippen LogP contribution in [0.15, 0.2) is 24.3 Å². The summed E-state index contributed by atoms with van der Waals surface area (Å²) in [6, 6.07) is 7.93. The van der Waals surface area contributed by atoms with Gasteiger partial charge in [-0.1, -0.05) is 6.42 Å². The molecular formula is C15H19NO3. The highest BCUT2D eigenvalue weighted by Gasteiger charge is 2.38. The minimum absolute atomic E-state index is 0.0297. The van der Waals surface area contributed by atoms with E-state index in [9.17, 15) is 4.79 Å². The molecule has 0 radical (unpaired) electrons. The molecule has 2 fully saturated rings. The van der Waals surface area contributed by atoms with Crippen molar-refractivity contribution in [2.45, 2.75) is 43.9 Å². The van der Waals surface area contributed by atoms with E-state index >= 15 is 0 Å². The van der Waals surface area contributed by atoms with E-state index in [0.29, 0.717) is 17.6 Å². The molecule has 3 atom stereocenters. The van der Waals surface area contributed by atoms with Gasteiger partial charge in [0.15, 0.2) is 0 Å². The van der Waals surface area contributed by atoms with Crippen LogP contribution in [0, 0.1) is 0 Å². The van der Waals surface area contributed by atoms with Crippen LogP contribution in [0.3, 0.4) is 0 Å². The number of hydrogen-bond donors (Lipinski definition) is 1. The standard InChI is InChI=1S/C15H19NO3/c1-18-12-7-5-10(6-8-12)15(17)19-14-9-11-3-2-4-13(14)16-11/h5-8,11,13-14,16H,2-4,9H2,1H3. The Bertz CT molecular complexity index is 457. The first-order chi connectivity index (χ1) is 9.26. The van der Waals surface area contributed by atoms with Gasteiger partial charge in [-0.05, 0) is 37.1 Å². The molecule has 2 bridgehead atoms. The van der Waals surface area contributed by atoms with E-state index in [1.54, 1.807) is 31.4 Å². The fraction of sp³-hybridized carbons (Fsp3) is 0.533. The van der Waals surface area contributed by atoms with Crippen LogP contribution in [-0.2, 0) is 4.74 Å². The number of ether oxygens (including phenoxy) is 2. The number of nitrogens with one attached hydrogen (secondary N) is 1. The number of piperidine rings is 1. The van der Waals surface area contributed by atoms with Gasteiger partial charge in [0.2, 0.25) is 0 Å². The summed E-state index contributed by atoms with van der Waals surface area (Å²) >= 11 is 0. The van der Waals surface area contributed by atoms with Gasteiger partial charge in [0.05, 0.1) is 12.7 Å². The lowest BCUT2D eigenvalue weighted by atomic mass is 10.1. The molecule has 1 aromatic carbocycles. The monoisotopic (exact) mass is 261 g/mol. The highest BCUT2D eigenvalue weighted by atomic mass is 16.5. The number of methoxy groups -OCH3 is 1. The summed E-state index contributed by atoms with van der Waals surface area (Å²) < 4.78 is 10.7. The Morgan fingerprint density at radius 1 is 1.26 bits per heavy atom. The van der Waals surface area contributed by atoms with Crippen LogP contribution in [-0.4, -0.2) is 31.3 Å². The lowest BCUT2D eigenvalue weighted by Crippen LogP contribution is -2.38. The zero-order chi connectivity index (χ0) is 13.2. The summed E-state index contributed by atoms with van der Waals surface area (Å²) in [5.41, 5.74) is 0.585. The Hall–Kier alpha value is -1.55. The van der Waals surface area contributed by atoms with Gasteiger partial charge in [-0.2, -0.15) is 0 Å². The van der Waals surface area contributed by atoms with Gasteiger partial charge in [0, 0.05) is 18.5 Å². The van der Waals surface area contributed by atoms with Crippen LogP contribution in [0.2, 0.25) is 0 Å². The van der Waals surface area contributed by atoms with Crippen molar-refractivity contribution in [2.24, 2.45) is 0 Å². The van der Waals surface area contributed by atoms with Crippen LogP contribution in [0.25, 0.3) is 0 Å². The molecule has 2 heterocycles. The summed E-state index contributed by atoms with van der Waals surface area (Å²) in [5.74, 6) is 0.511. The molecule has 0 aromatic heterocycles. The molecule has 0 spiro atoms. The van der Waals surface area contributed by atoms with Crippen molar-refractivity contribution in [2.75, 3.05) is 7.11 Å². The minimum atomic E-state index is -0.234. The van der Waals surface area contributed by atoms with Crippen LogP contribution >= 0.6 is 0 Å². The molecule has 2 aliphatic rings. The third kappa shape index (κ3) is 2.59. The van der Waals surface area contributed by atoms with Crippen molar-refractivity contribution < 1.29 is 14.3 Å². The van der Waals surface area contributed by atoms with Gasteiger partial charge in [0.1, 0.15) is 11.9 Å². The number of hydrogen-bond acceptors (Lipinski definition) is 4. The van der Waals surface area contributed by atoms with E-state index in [1.165, 1.54) is 12.8 Å². The zero-order valence-electron chi connectivity index (χ0n) is 11.1. The zero-order valence-corrected chi connectivity index (χ0v) is 11.1. The van der Waals surface area contributed by atoms with E-state index in [-0.39, 0.29) is 12.1 Å². The van der Waals surface area contributed by atoms with Crippen molar-refractivity contribution >= 4 is 5.97 Å². The predicted molar refractivity (Wildman–Crippen MR) is 71.4 cm³/mol. The molecule has 0 aliphatic carbocycles. The van der Waals surface area contributed by atoms with E-state index in [4.69, 9.17) is 9.47 Å². The Kier molecular flexibility index (Phi) is 3.42. The first-order valence-corrected chi connectivity index (χ1v) is 6.87. The minimum Gasteiger partial charge on any atom is -0.497 e. The molecule has 4 heteroatoms. The van der Waals surface area contributed by atoms with Crippen molar-refractivity contribution in [3.63, 3.8) is 0 Å². The van der Waals surface area contributed by atoms with Crippen LogP contribution in [0.1, 0.15) is 36.0 Å². The van der Waals surface area contributed by atoms with Crippen molar-refractivity contribution in [3.8, 4) is 5.75 Å². The number of rotatable bonds is 3. The summed E-state index contributed by atoms with van der Waals surface area (Å²) in [4.78, 5) is 12.1. The Morgan fingerprint density at radius 2 is 2.05 bits per heavy atom. The first kappa shape index (κ1) is 12.5. The topological polar surface area (TPSA) is 47.6 Å². The molecule has 2 aliphatic heterocycles. The third-order valence-corrected chi connectivity index (χ3v) is 4.07. The fourth-order valence-electron chi connectivity index (χ4n) is 3.04. The van der Waals surface area contributed by atoms with E-state index in [0.717, 1.165) is 18.6 Å². The average Bonchev–Trinajstić information content (AvgIpc) is 2.73. The fourth-order valence-corrected chi connectivity index (χ4v) is 3.04. The van der Waals surface area contributed by atoms with Crippen LogP contribution in [0.5, 0.6) is 5.75 Å². The molecule has 19 heavy (non-hydrogen) atoms. The lowest BCUT2D eigenvalue weighted by molar-refractivity contribution is 0.0270. The largest absolute Gasteiger partial charge is 0.497 e. The molecular weight excluding hydrogens is 242 g/mol. The summed E-state index contributed by atoms with van der Waals surface area (Å²) in [5, 5.41) is 3.52. The molecule has 2 saturated heterocycles. The van der Waals surface area contributed by atoms with Gasteiger partial charge in [-0.15, -0.1) is 0 Å². The highest BCUT2D eigenvalue weighted by Crippen LogP contribution is 2.29. The SMILES string of the molecule is COc1ccc(C(=O)OC2CC3CCCC2N3)cc1.